The average Bonchev–Trinajstić information content (AvgIpc) is 3.15. The molecule has 9 nitrogen and oxygen atoms in total. The zero-order valence-corrected chi connectivity index (χ0v) is 21.3. The molecule has 34 heavy (non-hydrogen) atoms. The van der Waals surface area contributed by atoms with Crippen LogP contribution in [0.25, 0.3) is 0 Å². The Morgan fingerprint density at radius 1 is 1.15 bits per heavy atom. The second kappa shape index (κ2) is 11.8. The topological polar surface area (TPSA) is 141 Å². The lowest BCUT2D eigenvalue weighted by molar-refractivity contribution is -0.123. The Kier molecular flexibility index (Phi) is 9.43. The number of ether oxygens (including phenoxy) is 1. The Bertz CT molecular complexity index is 998. The minimum Gasteiger partial charge on any atom is -0.494 e. The third kappa shape index (κ3) is 6.93. The third-order valence-corrected chi connectivity index (χ3v) is 5.78. The average molecular weight is 490 g/mol. The number of nitrogens with two attached hydrogens (primary N) is 2. The lowest BCUT2D eigenvalue weighted by atomic mass is 10.0. The normalized spacial score (nSPS) is 12.1. The van der Waals surface area contributed by atoms with Crippen LogP contribution in [0, 0.1) is 0 Å². The van der Waals surface area contributed by atoms with Crippen LogP contribution >= 0.6 is 11.5 Å². The molecule has 0 radical (unpaired) electrons. The van der Waals surface area contributed by atoms with Crippen LogP contribution in [0.3, 0.4) is 0 Å². The highest BCUT2D eigenvalue weighted by Gasteiger charge is 2.35. The van der Waals surface area contributed by atoms with Crippen LogP contribution in [0.4, 0.5) is 11.4 Å². The Balaban J connectivity index is 2.52. The number of primary amides is 1. The number of amides is 3. The minimum absolute atomic E-state index is 0.0572. The number of nitrogens with one attached hydrogen (secondary N) is 1. The Morgan fingerprint density at radius 3 is 2.29 bits per heavy atom. The van der Waals surface area contributed by atoms with E-state index in [9.17, 15) is 14.4 Å². The zero-order chi connectivity index (χ0) is 25.5. The van der Waals surface area contributed by atoms with Gasteiger partial charge in [-0.2, -0.15) is 4.37 Å². The maximum absolute atomic E-state index is 13.7. The monoisotopic (exact) mass is 489 g/mol. The fourth-order valence-electron chi connectivity index (χ4n) is 3.32. The highest BCUT2D eigenvalue weighted by atomic mass is 32.1. The zero-order valence-electron chi connectivity index (χ0n) is 20.5. The van der Waals surface area contributed by atoms with Gasteiger partial charge in [0.05, 0.1) is 12.3 Å². The summed E-state index contributed by atoms with van der Waals surface area (Å²) in [7, 11) is 0. The van der Waals surface area contributed by atoms with Gasteiger partial charge in [0.1, 0.15) is 16.7 Å². The van der Waals surface area contributed by atoms with Gasteiger partial charge in [-0.1, -0.05) is 26.7 Å². The van der Waals surface area contributed by atoms with Crippen LogP contribution in [0.1, 0.15) is 80.5 Å². The molecule has 3 amide bonds. The maximum atomic E-state index is 13.7. The summed E-state index contributed by atoms with van der Waals surface area (Å²) in [4.78, 5) is 40.1. The highest BCUT2D eigenvalue weighted by molar-refractivity contribution is 7.09. The largest absolute Gasteiger partial charge is 0.494 e. The number of benzene rings is 1. The molecule has 0 aliphatic rings. The van der Waals surface area contributed by atoms with Crippen LogP contribution in [0.2, 0.25) is 0 Å². The van der Waals surface area contributed by atoms with Gasteiger partial charge in [-0.05, 0) is 69.4 Å². The second-order valence-electron chi connectivity index (χ2n) is 9.05. The van der Waals surface area contributed by atoms with Crippen molar-refractivity contribution in [2.24, 2.45) is 5.73 Å². The molecule has 186 valence electrons. The lowest BCUT2D eigenvalue weighted by Crippen LogP contribution is -2.54. The molecule has 1 heterocycles. The van der Waals surface area contributed by atoms with E-state index in [1.807, 2.05) is 27.7 Å². The van der Waals surface area contributed by atoms with Crippen molar-refractivity contribution >= 4 is 40.6 Å². The molecule has 1 atom stereocenters. The predicted molar refractivity (Wildman–Crippen MR) is 135 cm³/mol. The van der Waals surface area contributed by atoms with Crippen LogP contribution in [-0.4, -0.2) is 40.3 Å². The van der Waals surface area contributed by atoms with E-state index < -0.39 is 23.4 Å². The lowest BCUT2D eigenvalue weighted by Gasteiger charge is -2.33. The van der Waals surface area contributed by atoms with E-state index in [1.54, 1.807) is 24.3 Å². The SMILES string of the molecule is CCCCOc1ccc(N(C(=O)c2snc(C(N)=O)c2N)[C@@H](CCC)C(=O)NC(C)(C)C)cc1. The van der Waals surface area contributed by atoms with Crippen molar-refractivity contribution in [1.29, 1.82) is 0 Å². The number of nitrogens with zero attached hydrogens (tertiary/aromatic N) is 2. The highest BCUT2D eigenvalue weighted by Crippen LogP contribution is 2.30. The van der Waals surface area contributed by atoms with Crippen molar-refractivity contribution in [3.05, 3.63) is 34.8 Å². The van der Waals surface area contributed by atoms with E-state index >= 15 is 0 Å². The van der Waals surface area contributed by atoms with Gasteiger partial charge in [-0.15, -0.1) is 0 Å². The quantitative estimate of drug-likeness (QED) is 0.411. The first-order valence-electron chi connectivity index (χ1n) is 11.4. The van der Waals surface area contributed by atoms with Crippen LogP contribution in [0.15, 0.2) is 24.3 Å². The van der Waals surface area contributed by atoms with Gasteiger partial charge in [-0.25, -0.2) is 0 Å². The summed E-state index contributed by atoms with van der Waals surface area (Å²) in [5, 5.41) is 2.97. The van der Waals surface area contributed by atoms with Crippen LogP contribution in [-0.2, 0) is 4.79 Å². The summed E-state index contributed by atoms with van der Waals surface area (Å²) in [6.45, 7) is 10.3. The van der Waals surface area contributed by atoms with E-state index in [4.69, 9.17) is 16.2 Å². The van der Waals surface area contributed by atoms with E-state index in [1.165, 1.54) is 4.90 Å². The molecule has 2 rings (SSSR count). The van der Waals surface area contributed by atoms with E-state index in [0.717, 1.165) is 24.4 Å². The molecule has 0 saturated heterocycles. The summed E-state index contributed by atoms with van der Waals surface area (Å²) >= 11 is 0.789. The summed E-state index contributed by atoms with van der Waals surface area (Å²) in [6.07, 6.45) is 3.04. The number of hydrogen-bond acceptors (Lipinski definition) is 7. The first-order chi connectivity index (χ1) is 16.0. The number of rotatable bonds is 11. The number of unbranched alkanes of at least 4 members (excludes halogenated alkanes) is 1. The molecule has 1 aromatic heterocycles. The van der Waals surface area contributed by atoms with Crippen LogP contribution in [0.5, 0.6) is 5.75 Å². The summed E-state index contributed by atoms with van der Waals surface area (Å²) in [6, 6.07) is 6.19. The number of carbonyl (C=O) groups excluding carboxylic acids is 3. The Hall–Kier alpha value is -3.14. The van der Waals surface area contributed by atoms with E-state index in [-0.39, 0.29) is 22.2 Å². The molecule has 1 aromatic carbocycles. The van der Waals surface area contributed by atoms with Gasteiger partial charge in [0.25, 0.3) is 11.8 Å². The van der Waals surface area contributed by atoms with Crippen molar-refractivity contribution in [2.75, 3.05) is 17.2 Å². The van der Waals surface area contributed by atoms with Crippen molar-refractivity contribution in [2.45, 2.75) is 71.9 Å². The molecule has 5 N–H and O–H groups in total. The Labute approximate surface area is 205 Å². The number of anilines is 2. The first kappa shape index (κ1) is 27.1. The summed E-state index contributed by atoms with van der Waals surface area (Å²) in [5.41, 5.74) is 11.2. The second-order valence-corrected chi connectivity index (χ2v) is 9.83. The number of hydrogen-bond donors (Lipinski definition) is 3. The fraction of sp³-hybridized carbons (Fsp3) is 0.500. The molecule has 0 aliphatic carbocycles. The minimum atomic E-state index is -0.816. The smallest absolute Gasteiger partial charge is 0.272 e. The first-order valence-corrected chi connectivity index (χ1v) is 12.2. The summed E-state index contributed by atoms with van der Waals surface area (Å²) in [5.74, 6) is -0.957. The standard InChI is InChI=1S/C24H35N5O4S/c1-6-8-14-33-16-12-10-15(11-13-16)29(17(9-7-2)22(31)27-24(3,4)5)23(32)20-18(25)19(21(26)30)28-34-20/h10-13,17H,6-9,14,25H2,1-5H3,(H2,26,30)(H,27,31)/t17-/m0/s1. The fourth-order valence-corrected chi connectivity index (χ4v) is 4.06. The maximum Gasteiger partial charge on any atom is 0.272 e. The molecule has 0 saturated carbocycles. The molecular formula is C24H35N5O4S. The molecule has 0 aliphatic heterocycles. The van der Waals surface area contributed by atoms with Gasteiger partial charge in [0.15, 0.2) is 5.69 Å². The molecule has 0 bridgehead atoms. The molecule has 0 spiro atoms. The van der Waals surface area contributed by atoms with Crippen molar-refractivity contribution < 1.29 is 19.1 Å². The number of aromatic nitrogens is 1. The number of nitrogen functional groups attached to an aromatic ring is 1. The molecule has 10 heteroatoms. The number of carbonyl (C=O) groups is 3. The predicted octanol–water partition coefficient (Wildman–Crippen LogP) is 3.73. The van der Waals surface area contributed by atoms with Crippen molar-refractivity contribution in [3.8, 4) is 5.75 Å². The van der Waals surface area contributed by atoms with Crippen LogP contribution < -0.4 is 26.4 Å². The Morgan fingerprint density at radius 2 is 1.79 bits per heavy atom. The molecule has 0 unspecified atom stereocenters. The van der Waals surface area contributed by atoms with Crippen molar-refractivity contribution in [1.82, 2.24) is 9.69 Å². The van der Waals surface area contributed by atoms with Gasteiger partial charge in [0, 0.05) is 11.2 Å². The third-order valence-electron chi connectivity index (χ3n) is 4.93. The van der Waals surface area contributed by atoms with Gasteiger partial charge in [0.2, 0.25) is 5.91 Å². The summed E-state index contributed by atoms with van der Waals surface area (Å²) < 4.78 is 9.69. The van der Waals surface area contributed by atoms with Gasteiger partial charge >= 0.3 is 0 Å². The van der Waals surface area contributed by atoms with E-state index in [2.05, 4.69) is 16.6 Å². The van der Waals surface area contributed by atoms with Crippen molar-refractivity contribution in [3.63, 3.8) is 0 Å². The van der Waals surface area contributed by atoms with E-state index in [0.29, 0.717) is 30.9 Å². The van der Waals surface area contributed by atoms with Gasteiger partial charge in [-0.3, -0.25) is 19.3 Å². The molecular weight excluding hydrogens is 454 g/mol. The molecule has 0 fully saturated rings. The molecule has 2 aromatic rings. The van der Waals surface area contributed by atoms with Gasteiger partial charge < -0.3 is 21.5 Å².